The summed E-state index contributed by atoms with van der Waals surface area (Å²) in [6, 6.07) is 17.4. The standard InChI is InChI=1S/C20H20N2O2/c23-19(13-8-15-4-2-1-3-5-15)21-17-9-6-16(7-10-17)14-20(24)22-18-11-12-18/h1-10,13,18H,11-12,14H2,(H,21,23)(H,22,24). The molecular weight excluding hydrogens is 300 g/mol. The molecule has 1 aliphatic rings. The molecule has 0 radical (unpaired) electrons. The zero-order chi connectivity index (χ0) is 16.8. The molecule has 0 atom stereocenters. The topological polar surface area (TPSA) is 58.2 Å². The number of carbonyl (C=O) groups excluding carboxylic acids is 2. The molecule has 0 bridgehead atoms. The maximum atomic E-state index is 11.9. The lowest BCUT2D eigenvalue weighted by molar-refractivity contribution is -0.120. The number of nitrogens with one attached hydrogen (secondary N) is 2. The van der Waals surface area contributed by atoms with E-state index in [2.05, 4.69) is 10.6 Å². The number of hydrogen-bond acceptors (Lipinski definition) is 2. The molecule has 1 fully saturated rings. The molecule has 3 rings (SSSR count). The van der Waals surface area contributed by atoms with Crippen LogP contribution in [0.4, 0.5) is 5.69 Å². The fourth-order valence-corrected chi connectivity index (χ4v) is 2.32. The Hall–Kier alpha value is -2.88. The lowest BCUT2D eigenvalue weighted by atomic mass is 10.1. The fraction of sp³-hybridized carbons (Fsp3) is 0.200. The Labute approximate surface area is 141 Å². The van der Waals surface area contributed by atoms with E-state index in [0.717, 1.165) is 24.0 Å². The van der Waals surface area contributed by atoms with Crippen LogP contribution in [0.5, 0.6) is 0 Å². The number of rotatable bonds is 6. The SMILES string of the molecule is O=C(C=Cc1ccccc1)Nc1ccc(CC(=O)NC2CC2)cc1. The van der Waals surface area contributed by atoms with Crippen molar-refractivity contribution in [1.29, 1.82) is 0 Å². The lowest BCUT2D eigenvalue weighted by Gasteiger charge is -2.06. The molecule has 4 nitrogen and oxygen atoms in total. The molecular formula is C20H20N2O2. The minimum atomic E-state index is -0.182. The third kappa shape index (κ3) is 5.09. The van der Waals surface area contributed by atoms with E-state index >= 15 is 0 Å². The smallest absolute Gasteiger partial charge is 0.248 e. The van der Waals surface area contributed by atoms with Crippen molar-refractivity contribution in [3.8, 4) is 0 Å². The summed E-state index contributed by atoms with van der Waals surface area (Å²) in [6.45, 7) is 0. The van der Waals surface area contributed by atoms with Crippen LogP contribution >= 0.6 is 0 Å². The minimum Gasteiger partial charge on any atom is -0.353 e. The first-order valence-electron chi connectivity index (χ1n) is 8.11. The third-order valence-electron chi connectivity index (χ3n) is 3.76. The Morgan fingerprint density at radius 2 is 1.71 bits per heavy atom. The number of anilines is 1. The minimum absolute atomic E-state index is 0.0556. The van der Waals surface area contributed by atoms with E-state index in [1.807, 2.05) is 54.6 Å². The van der Waals surface area contributed by atoms with E-state index in [4.69, 9.17) is 0 Å². The van der Waals surface area contributed by atoms with Crippen LogP contribution in [0.25, 0.3) is 6.08 Å². The Kier molecular flexibility index (Phi) is 5.06. The predicted molar refractivity (Wildman–Crippen MR) is 95.4 cm³/mol. The summed E-state index contributed by atoms with van der Waals surface area (Å²) >= 11 is 0. The van der Waals surface area contributed by atoms with Gasteiger partial charge in [-0.1, -0.05) is 42.5 Å². The van der Waals surface area contributed by atoms with Crippen molar-refractivity contribution >= 4 is 23.6 Å². The van der Waals surface area contributed by atoms with Gasteiger partial charge in [0.1, 0.15) is 0 Å². The van der Waals surface area contributed by atoms with Crippen molar-refractivity contribution in [3.05, 3.63) is 71.8 Å². The van der Waals surface area contributed by atoms with E-state index in [1.54, 1.807) is 6.08 Å². The zero-order valence-corrected chi connectivity index (χ0v) is 13.4. The summed E-state index contributed by atoms with van der Waals surface area (Å²) in [7, 11) is 0. The molecule has 0 unspecified atom stereocenters. The number of amides is 2. The summed E-state index contributed by atoms with van der Waals surface area (Å²) in [5.74, 6) is -0.127. The van der Waals surface area contributed by atoms with E-state index in [0.29, 0.717) is 18.2 Å². The van der Waals surface area contributed by atoms with Gasteiger partial charge >= 0.3 is 0 Å². The molecule has 1 saturated carbocycles. The summed E-state index contributed by atoms with van der Waals surface area (Å²) in [5, 5.41) is 5.77. The van der Waals surface area contributed by atoms with Crippen LogP contribution in [-0.4, -0.2) is 17.9 Å². The number of benzene rings is 2. The molecule has 1 aliphatic carbocycles. The first-order chi connectivity index (χ1) is 11.7. The van der Waals surface area contributed by atoms with Crippen molar-refractivity contribution in [2.24, 2.45) is 0 Å². The highest BCUT2D eigenvalue weighted by Gasteiger charge is 2.22. The van der Waals surface area contributed by atoms with Gasteiger partial charge in [0.25, 0.3) is 0 Å². The maximum Gasteiger partial charge on any atom is 0.248 e. The predicted octanol–water partition coefficient (Wildman–Crippen LogP) is 3.16. The van der Waals surface area contributed by atoms with E-state index in [9.17, 15) is 9.59 Å². The maximum absolute atomic E-state index is 11.9. The Morgan fingerprint density at radius 1 is 1.00 bits per heavy atom. The molecule has 2 aromatic rings. The van der Waals surface area contributed by atoms with Crippen molar-refractivity contribution < 1.29 is 9.59 Å². The van der Waals surface area contributed by atoms with Crippen LogP contribution < -0.4 is 10.6 Å². The van der Waals surface area contributed by atoms with Gasteiger partial charge in [-0.25, -0.2) is 0 Å². The second kappa shape index (κ2) is 7.59. The molecule has 122 valence electrons. The summed E-state index contributed by atoms with van der Waals surface area (Å²) in [6.07, 6.45) is 5.83. The lowest BCUT2D eigenvalue weighted by Crippen LogP contribution is -2.26. The van der Waals surface area contributed by atoms with Gasteiger partial charge in [0, 0.05) is 17.8 Å². The van der Waals surface area contributed by atoms with E-state index < -0.39 is 0 Å². The molecule has 4 heteroatoms. The monoisotopic (exact) mass is 320 g/mol. The van der Waals surface area contributed by atoms with Crippen molar-refractivity contribution in [2.45, 2.75) is 25.3 Å². The fourth-order valence-electron chi connectivity index (χ4n) is 2.32. The van der Waals surface area contributed by atoms with E-state index in [1.165, 1.54) is 6.08 Å². The highest BCUT2D eigenvalue weighted by Crippen LogP contribution is 2.19. The van der Waals surface area contributed by atoms with Crippen molar-refractivity contribution in [1.82, 2.24) is 5.32 Å². The van der Waals surface area contributed by atoms with Crippen LogP contribution in [0, 0.1) is 0 Å². The average molecular weight is 320 g/mol. The van der Waals surface area contributed by atoms with Gasteiger partial charge in [-0.2, -0.15) is 0 Å². The highest BCUT2D eigenvalue weighted by molar-refractivity contribution is 6.01. The number of hydrogen-bond donors (Lipinski definition) is 2. The average Bonchev–Trinajstić information content (AvgIpc) is 3.39. The van der Waals surface area contributed by atoms with Gasteiger partial charge in [0.05, 0.1) is 6.42 Å². The molecule has 0 spiro atoms. The van der Waals surface area contributed by atoms with Gasteiger partial charge in [0.15, 0.2) is 0 Å². The van der Waals surface area contributed by atoms with E-state index in [-0.39, 0.29) is 11.8 Å². The molecule has 2 amide bonds. The van der Waals surface area contributed by atoms with Gasteiger partial charge in [-0.15, -0.1) is 0 Å². The van der Waals surface area contributed by atoms with Gasteiger partial charge < -0.3 is 10.6 Å². The second-order valence-electron chi connectivity index (χ2n) is 5.95. The molecule has 0 saturated heterocycles. The summed E-state index contributed by atoms with van der Waals surface area (Å²) < 4.78 is 0. The first-order valence-corrected chi connectivity index (χ1v) is 8.11. The highest BCUT2D eigenvalue weighted by atomic mass is 16.2. The van der Waals surface area contributed by atoms with Crippen molar-refractivity contribution in [3.63, 3.8) is 0 Å². The molecule has 0 aliphatic heterocycles. The van der Waals surface area contributed by atoms with Crippen LogP contribution in [0.2, 0.25) is 0 Å². The quantitative estimate of drug-likeness (QED) is 0.803. The molecule has 0 heterocycles. The third-order valence-corrected chi connectivity index (χ3v) is 3.76. The van der Waals surface area contributed by atoms with Crippen LogP contribution in [0.1, 0.15) is 24.0 Å². The Balaban J connectivity index is 1.50. The van der Waals surface area contributed by atoms with Gasteiger partial charge in [0.2, 0.25) is 11.8 Å². The molecule has 2 aromatic carbocycles. The molecule has 24 heavy (non-hydrogen) atoms. The second-order valence-corrected chi connectivity index (χ2v) is 5.95. The Bertz CT molecular complexity index is 732. The molecule has 0 aromatic heterocycles. The van der Waals surface area contributed by atoms with Crippen LogP contribution in [0.3, 0.4) is 0 Å². The summed E-state index contributed by atoms with van der Waals surface area (Å²) in [5.41, 5.74) is 2.62. The summed E-state index contributed by atoms with van der Waals surface area (Å²) in [4.78, 5) is 23.7. The van der Waals surface area contributed by atoms with Crippen LogP contribution in [0.15, 0.2) is 60.7 Å². The Morgan fingerprint density at radius 3 is 2.38 bits per heavy atom. The van der Waals surface area contributed by atoms with Gasteiger partial charge in [-0.3, -0.25) is 9.59 Å². The van der Waals surface area contributed by atoms with Crippen molar-refractivity contribution in [2.75, 3.05) is 5.32 Å². The molecule has 2 N–H and O–H groups in total. The van der Waals surface area contributed by atoms with Gasteiger partial charge in [-0.05, 0) is 42.2 Å². The van der Waals surface area contributed by atoms with Crippen LogP contribution in [-0.2, 0) is 16.0 Å². The largest absolute Gasteiger partial charge is 0.353 e. The number of carbonyl (C=O) groups is 2. The zero-order valence-electron chi connectivity index (χ0n) is 13.4. The first kappa shape index (κ1) is 16.0. The normalized spacial score (nSPS) is 13.7.